The molecular formula is C7H11N3O. The number of aryl methyl sites for hydroxylation is 1. The van der Waals surface area contributed by atoms with Gasteiger partial charge in [0.15, 0.2) is 0 Å². The van der Waals surface area contributed by atoms with E-state index >= 15 is 0 Å². The monoisotopic (exact) mass is 153 g/mol. The van der Waals surface area contributed by atoms with E-state index in [1.807, 2.05) is 13.0 Å². The molecule has 60 valence electrons. The number of aromatic nitrogens is 2. The molecule has 1 amide bonds. The fourth-order valence-electron chi connectivity index (χ4n) is 0.848. The molecule has 11 heavy (non-hydrogen) atoms. The Balaban J connectivity index is 2.57. The lowest BCUT2D eigenvalue weighted by Crippen LogP contribution is -2.15. The van der Waals surface area contributed by atoms with Crippen LogP contribution in [-0.4, -0.2) is 28.6 Å². The number of carbonyl (C=O) groups excluding carboxylic acids is 1. The van der Waals surface area contributed by atoms with Crippen LogP contribution in [0.15, 0.2) is 6.07 Å². The Morgan fingerprint density at radius 2 is 2.55 bits per heavy atom. The van der Waals surface area contributed by atoms with E-state index in [4.69, 9.17) is 0 Å². The maximum atomic E-state index is 10.2. The summed E-state index contributed by atoms with van der Waals surface area (Å²) in [6.45, 7) is 2.49. The molecule has 0 saturated heterocycles. The van der Waals surface area contributed by atoms with E-state index in [1.54, 1.807) is 7.05 Å². The highest BCUT2D eigenvalue weighted by atomic mass is 16.1. The number of nitrogens with one attached hydrogen (secondary N) is 1. The van der Waals surface area contributed by atoms with Crippen molar-refractivity contribution in [2.45, 2.75) is 13.5 Å². The first-order chi connectivity index (χ1) is 5.22. The molecular weight excluding hydrogens is 142 g/mol. The second-order valence-corrected chi connectivity index (χ2v) is 2.56. The average molecular weight is 153 g/mol. The average Bonchev–Trinajstić information content (AvgIpc) is 2.35. The van der Waals surface area contributed by atoms with Gasteiger partial charge in [0.05, 0.1) is 12.2 Å². The molecule has 0 saturated carbocycles. The molecule has 0 aromatic carbocycles. The molecule has 4 heteroatoms. The zero-order valence-corrected chi connectivity index (χ0v) is 6.66. The number of nitrogens with zero attached hydrogens (tertiary/aromatic N) is 2. The highest BCUT2D eigenvalue weighted by Gasteiger charge is 1.99. The third kappa shape index (κ3) is 2.07. The SMILES string of the molecule is Cc1cc(CN(C)C=O)n[nH]1. The quantitative estimate of drug-likeness (QED) is 0.635. The van der Waals surface area contributed by atoms with Crippen LogP contribution in [0, 0.1) is 6.92 Å². The summed E-state index contributed by atoms with van der Waals surface area (Å²) in [5, 5.41) is 6.78. The van der Waals surface area contributed by atoms with Gasteiger partial charge in [-0.3, -0.25) is 9.89 Å². The second-order valence-electron chi connectivity index (χ2n) is 2.56. The van der Waals surface area contributed by atoms with Crippen molar-refractivity contribution in [2.24, 2.45) is 0 Å². The molecule has 1 aromatic rings. The third-order valence-electron chi connectivity index (χ3n) is 1.35. The van der Waals surface area contributed by atoms with Crippen molar-refractivity contribution in [2.75, 3.05) is 7.05 Å². The molecule has 0 fully saturated rings. The van der Waals surface area contributed by atoms with Gasteiger partial charge in [-0.15, -0.1) is 0 Å². The van der Waals surface area contributed by atoms with Crippen molar-refractivity contribution in [3.05, 3.63) is 17.5 Å². The van der Waals surface area contributed by atoms with Crippen LogP contribution in [0.2, 0.25) is 0 Å². The minimum atomic E-state index is 0.563. The Labute approximate surface area is 65.2 Å². The van der Waals surface area contributed by atoms with Crippen molar-refractivity contribution in [1.29, 1.82) is 0 Å². The summed E-state index contributed by atoms with van der Waals surface area (Å²) in [7, 11) is 1.72. The predicted molar refractivity (Wildman–Crippen MR) is 40.9 cm³/mol. The summed E-state index contributed by atoms with van der Waals surface area (Å²) in [5.74, 6) is 0. The fourth-order valence-corrected chi connectivity index (χ4v) is 0.848. The van der Waals surface area contributed by atoms with Crippen molar-refractivity contribution in [1.82, 2.24) is 15.1 Å². The van der Waals surface area contributed by atoms with E-state index in [9.17, 15) is 4.79 Å². The van der Waals surface area contributed by atoms with Gasteiger partial charge in [-0.2, -0.15) is 5.10 Å². The van der Waals surface area contributed by atoms with Gasteiger partial charge in [0.1, 0.15) is 0 Å². The summed E-state index contributed by atoms with van der Waals surface area (Å²) in [6, 6.07) is 1.92. The van der Waals surface area contributed by atoms with Gasteiger partial charge in [0.2, 0.25) is 6.41 Å². The zero-order chi connectivity index (χ0) is 8.27. The molecule has 0 atom stereocenters. The van der Waals surface area contributed by atoms with Gasteiger partial charge >= 0.3 is 0 Å². The Bertz CT molecular complexity index is 244. The number of rotatable bonds is 3. The van der Waals surface area contributed by atoms with Crippen LogP contribution < -0.4 is 0 Å². The number of carbonyl (C=O) groups is 1. The van der Waals surface area contributed by atoms with Crippen LogP contribution in [0.3, 0.4) is 0 Å². The lowest BCUT2D eigenvalue weighted by Gasteiger charge is -2.05. The Morgan fingerprint density at radius 1 is 1.82 bits per heavy atom. The number of hydrogen-bond acceptors (Lipinski definition) is 2. The smallest absolute Gasteiger partial charge is 0.209 e. The number of H-pyrrole nitrogens is 1. The molecule has 0 bridgehead atoms. The molecule has 1 N–H and O–H groups in total. The van der Waals surface area contributed by atoms with E-state index < -0.39 is 0 Å². The highest BCUT2D eigenvalue weighted by Crippen LogP contribution is 1.99. The number of hydrogen-bond donors (Lipinski definition) is 1. The first kappa shape index (κ1) is 7.78. The standard InChI is InChI=1S/C7H11N3O/c1-6-3-7(9-8-6)4-10(2)5-11/h3,5H,4H2,1-2H3,(H,8,9). The van der Waals surface area contributed by atoms with Crippen molar-refractivity contribution < 1.29 is 4.79 Å². The van der Waals surface area contributed by atoms with Crippen molar-refractivity contribution >= 4 is 6.41 Å². The van der Waals surface area contributed by atoms with E-state index in [0.29, 0.717) is 6.54 Å². The van der Waals surface area contributed by atoms with Crippen molar-refractivity contribution in [3.8, 4) is 0 Å². The molecule has 0 unspecified atom stereocenters. The maximum absolute atomic E-state index is 10.2. The normalized spacial score (nSPS) is 9.64. The molecule has 0 aliphatic carbocycles. The molecule has 0 radical (unpaired) electrons. The topological polar surface area (TPSA) is 49.0 Å². The van der Waals surface area contributed by atoms with Gasteiger partial charge < -0.3 is 4.90 Å². The molecule has 0 aliphatic rings. The fraction of sp³-hybridized carbons (Fsp3) is 0.429. The summed E-state index contributed by atoms with van der Waals surface area (Å²) in [6.07, 6.45) is 0.782. The summed E-state index contributed by atoms with van der Waals surface area (Å²) < 4.78 is 0. The summed E-state index contributed by atoms with van der Waals surface area (Å²) >= 11 is 0. The summed E-state index contributed by atoms with van der Waals surface area (Å²) in [4.78, 5) is 11.7. The van der Waals surface area contributed by atoms with E-state index in [2.05, 4.69) is 10.2 Å². The van der Waals surface area contributed by atoms with Crippen LogP contribution in [0.25, 0.3) is 0 Å². The van der Waals surface area contributed by atoms with Crippen molar-refractivity contribution in [3.63, 3.8) is 0 Å². The van der Waals surface area contributed by atoms with Crippen LogP contribution in [0.4, 0.5) is 0 Å². The minimum absolute atomic E-state index is 0.563. The van der Waals surface area contributed by atoms with Gasteiger partial charge in [-0.05, 0) is 13.0 Å². The molecule has 1 heterocycles. The third-order valence-corrected chi connectivity index (χ3v) is 1.35. The molecule has 0 aliphatic heterocycles. The summed E-state index contributed by atoms with van der Waals surface area (Å²) in [5.41, 5.74) is 1.90. The van der Waals surface area contributed by atoms with Crippen LogP contribution in [-0.2, 0) is 11.3 Å². The predicted octanol–water partition coefficient (Wildman–Crippen LogP) is 0.306. The van der Waals surface area contributed by atoms with E-state index in [1.165, 1.54) is 4.90 Å². The van der Waals surface area contributed by atoms with Crippen LogP contribution >= 0.6 is 0 Å². The van der Waals surface area contributed by atoms with Crippen LogP contribution in [0.5, 0.6) is 0 Å². The first-order valence-corrected chi connectivity index (χ1v) is 3.39. The Morgan fingerprint density at radius 3 is 3.00 bits per heavy atom. The van der Waals surface area contributed by atoms with Gasteiger partial charge in [-0.1, -0.05) is 0 Å². The lowest BCUT2D eigenvalue weighted by molar-refractivity contribution is -0.117. The zero-order valence-electron chi connectivity index (χ0n) is 6.66. The Kier molecular flexibility index (Phi) is 2.25. The second kappa shape index (κ2) is 3.18. The lowest BCUT2D eigenvalue weighted by atomic mass is 10.3. The number of aromatic amines is 1. The maximum Gasteiger partial charge on any atom is 0.209 e. The van der Waals surface area contributed by atoms with E-state index in [-0.39, 0.29) is 0 Å². The Hall–Kier alpha value is -1.32. The molecule has 1 aromatic heterocycles. The number of amides is 1. The first-order valence-electron chi connectivity index (χ1n) is 3.39. The van der Waals surface area contributed by atoms with Gasteiger partial charge in [-0.25, -0.2) is 0 Å². The molecule has 0 spiro atoms. The highest BCUT2D eigenvalue weighted by molar-refractivity contribution is 5.46. The minimum Gasteiger partial charge on any atom is -0.342 e. The molecule has 4 nitrogen and oxygen atoms in total. The largest absolute Gasteiger partial charge is 0.342 e. The van der Waals surface area contributed by atoms with Gasteiger partial charge in [0, 0.05) is 12.7 Å². The molecule has 1 rings (SSSR count). The van der Waals surface area contributed by atoms with Gasteiger partial charge in [0.25, 0.3) is 0 Å². The van der Waals surface area contributed by atoms with E-state index in [0.717, 1.165) is 17.8 Å². The van der Waals surface area contributed by atoms with Crippen LogP contribution in [0.1, 0.15) is 11.4 Å².